The number of hydrogen-bond donors (Lipinski definition) is 2. The number of nitrogens with zero attached hydrogens (tertiary/aromatic N) is 5. The van der Waals surface area contributed by atoms with E-state index in [0.29, 0.717) is 47.0 Å². The second kappa shape index (κ2) is 9.19. The molecule has 2 aromatic rings. The molecule has 0 aromatic carbocycles. The van der Waals surface area contributed by atoms with Crippen LogP contribution in [0.4, 0.5) is 9.80 Å². The minimum atomic E-state index is -1.20. The molecule has 1 atom stereocenters. The maximum absolute atomic E-state index is 13.5. The van der Waals surface area contributed by atoms with Crippen molar-refractivity contribution in [1.29, 1.82) is 0 Å². The zero-order chi connectivity index (χ0) is 24.7. The van der Waals surface area contributed by atoms with Gasteiger partial charge in [-0.1, -0.05) is 11.3 Å². The van der Waals surface area contributed by atoms with E-state index in [9.17, 15) is 19.5 Å². The molecule has 3 amide bonds. The van der Waals surface area contributed by atoms with Gasteiger partial charge in [0.1, 0.15) is 15.7 Å². The Bertz CT molecular complexity index is 1200. The average molecular weight is 499 g/mol. The Morgan fingerprint density at radius 3 is 2.74 bits per heavy atom. The average Bonchev–Trinajstić information content (AvgIpc) is 3.31. The number of aliphatic imine (C=N–C) groups is 1. The molecule has 0 radical (unpaired) electrons. The number of carbonyl (C=O) groups is 3. The number of aromatic nitrogens is 1. The molecule has 11 heteroatoms. The summed E-state index contributed by atoms with van der Waals surface area (Å²) in [4.78, 5) is 53.7. The van der Waals surface area contributed by atoms with E-state index in [1.807, 2.05) is 13.8 Å². The number of amidine groups is 1. The van der Waals surface area contributed by atoms with Gasteiger partial charge < -0.3 is 10.0 Å². The summed E-state index contributed by atoms with van der Waals surface area (Å²) >= 11 is 1.17. The highest BCUT2D eigenvalue weighted by Crippen LogP contribution is 2.37. The quantitative estimate of drug-likeness (QED) is 0.669. The molecule has 0 saturated carbocycles. The number of fused-ring (bicyclic) bond motifs is 1. The van der Waals surface area contributed by atoms with Gasteiger partial charge in [-0.05, 0) is 58.2 Å². The fourth-order valence-corrected chi connectivity index (χ4v) is 6.78. The van der Waals surface area contributed by atoms with Gasteiger partial charge in [0.2, 0.25) is 0 Å². The van der Waals surface area contributed by atoms with Crippen molar-refractivity contribution in [2.45, 2.75) is 51.1 Å². The molecule has 5 heterocycles. The summed E-state index contributed by atoms with van der Waals surface area (Å²) in [7, 11) is 0. The maximum atomic E-state index is 13.5. The van der Waals surface area contributed by atoms with Crippen molar-refractivity contribution in [2.75, 3.05) is 38.0 Å². The lowest BCUT2D eigenvalue weighted by Gasteiger charge is -2.44. The Labute approximate surface area is 207 Å². The molecular formula is C24H30N6O4S. The van der Waals surface area contributed by atoms with Gasteiger partial charge in [-0.25, -0.2) is 9.78 Å². The molecule has 5 rings (SSSR count). The van der Waals surface area contributed by atoms with Gasteiger partial charge in [0.05, 0.1) is 5.56 Å². The van der Waals surface area contributed by atoms with Crippen LogP contribution in [0.1, 0.15) is 49.9 Å². The second-order valence-electron chi connectivity index (χ2n) is 9.43. The molecule has 10 nitrogen and oxygen atoms in total. The standard InChI is InChI=1S/C24H30N6O4S/c1-3-30-15(2)27-24(22(30)32)9-5-11-29(14-24)16-7-12-28(13-8-16)21(31)18-17-6-4-10-25-19(17)35-20(18)26-23(33)34/h4,6,10,16,26H,3,5,7-9,11-14H2,1-2H3,(H,33,34). The smallest absolute Gasteiger partial charge is 0.409 e. The predicted molar refractivity (Wildman–Crippen MR) is 134 cm³/mol. The molecule has 1 unspecified atom stereocenters. The van der Waals surface area contributed by atoms with Crippen LogP contribution in [0.25, 0.3) is 10.2 Å². The van der Waals surface area contributed by atoms with Gasteiger partial charge in [-0.15, -0.1) is 0 Å². The summed E-state index contributed by atoms with van der Waals surface area (Å²) in [5.41, 5.74) is -0.289. The summed E-state index contributed by atoms with van der Waals surface area (Å²) in [5, 5.41) is 12.6. The number of likely N-dealkylation sites (N-methyl/N-ethyl adjacent to an activating group) is 1. The van der Waals surface area contributed by atoms with E-state index < -0.39 is 11.6 Å². The molecule has 0 bridgehead atoms. The van der Waals surface area contributed by atoms with E-state index in [-0.39, 0.29) is 17.9 Å². The number of carbonyl (C=O) groups excluding carboxylic acids is 2. The van der Waals surface area contributed by atoms with Crippen molar-refractivity contribution in [2.24, 2.45) is 4.99 Å². The van der Waals surface area contributed by atoms with E-state index in [4.69, 9.17) is 4.99 Å². The summed E-state index contributed by atoms with van der Waals surface area (Å²) in [6.45, 7) is 7.25. The molecule has 3 aliphatic heterocycles. The number of anilines is 1. The van der Waals surface area contributed by atoms with Gasteiger partial charge in [0.25, 0.3) is 11.8 Å². The van der Waals surface area contributed by atoms with Crippen LogP contribution >= 0.6 is 11.3 Å². The monoisotopic (exact) mass is 498 g/mol. The highest BCUT2D eigenvalue weighted by molar-refractivity contribution is 7.23. The van der Waals surface area contributed by atoms with Crippen molar-refractivity contribution in [1.82, 2.24) is 19.7 Å². The number of rotatable bonds is 4. The fraction of sp³-hybridized carbons (Fsp3) is 0.542. The zero-order valence-electron chi connectivity index (χ0n) is 20.0. The number of pyridine rings is 1. The molecule has 2 fully saturated rings. The first-order valence-corrected chi connectivity index (χ1v) is 12.9. The third kappa shape index (κ3) is 4.16. The van der Waals surface area contributed by atoms with Crippen molar-refractivity contribution in [3.8, 4) is 0 Å². The molecule has 3 aliphatic rings. The van der Waals surface area contributed by atoms with Crippen molar-refractivity contribution in [3.05, 3.63) is 23.9 Å². The van der Waals surface area contributed by atoms with Crippen LogP contribution in [-0.2, 0) is 4.79 Å². The number of carboxylic acid groups (broad SMARTS) is 1. The SMILES string of the molecule is CCN1C(=O)C2(CCCN(C3CCN(C(=O)c4c(NC(=O)O)sc5ncccc45)CC3)C2)N=C1C. The van der Waals surface area contributed by atoms with Crippen LogP contribution in [0.15, 0.2) is 23.3 Å². The highest BCUT2D eigenvalue weighted by Gasteiger charge is 2.50. The van der Waals surface area contributed by atoms with E-state index in [0.717, 1.165) is 38.1 Å². The summed E-state index contributed by atoms with van der Waals surface area (Å²) in [5.74, 6) is 0.751. The molecule has 2 N–H and O–H groups in total. The van der Waals surface area contributed by atoms with Crippen LogP contribution in [0.3, 0.4) is 0 Å². The van der Waals surface area contributed by atoms with E-state index in [1.54, 1.807) is 28.1 Å². The minimum absolute atomic E-state index is 0.117. The summed E-state index contributed by atoms with van der Waals surface area (Å²) < 4.78 is 0. The van der Waals surface area contributed by atoms with E-state index in [1.165, 1.54) is 11.3 Å². The normalized spacial score (nSPS) is 23.8. The lowest BCUT2D eigenvalue weighted by atomic mass is 9.87. The third-order valence-corrected chi connectivity index (χ3v) is 8.42. The first-order valence-electron chi connectivity index (χ1n) is 12.1. The number of amides is 3. The molecule has 186 valence electrons. The summed E-state index contributed by atoms with van der Waals surface area (Å²) in [6.07, 6.45) is 3.75. The van der Waals surface area contributed by atoms with Crippen molar-refractivity contribution in [3.63, 3.8) is 0 Å². The Balaban J connectivity index is 1.29. The Hall–Kier alpha value is -3.05. The predicted octanol–water partition coefficient (Wildman–Crippen LogP) is 3.11. The number of piperidine rings is 2. The molecule has 35 heavy (non-hydrogen) atoms. The van der Waals surface area contributed by atoms with Crippen LogP contribution in [-0.4, -0.2) is 92.8 Å². The van der Waals surface area contributed by atoms with E-state index >= 15 is 0 Å². The van der Waals surface area contributed by atoms with Gasteiger partial charge in [0, 0.05) is 43.8 Å². The largest absolute Gasteiger partial charge is 0.465 e. The number of nitrogens with one attached hydrogen (secondary N) is 1. The number of likely N-dealkylation sites (tertiary alicyclic amines) is 2. The van der Waals surface area contributed by atoms with Crippen LogP contribution in [0, 0.1) is 0 Å². The Morgan fingerprint density at radius 2 is 2.06 bits per heavy atom. The topological polar surface area (TPSA) is 118 Å². The lowest BCUT2D eigenvalue weighted by molar-refractivity contribution is -0.133. The Morgan fingerprint density at radius 1 is 1.29 bits per heavy atom. The molecule has 0 aliphatic carbocycles. The fourth-order valence-electron chi connectivity index (χ4n) is 5.76. The summed E-state index contributed by atoms with van der Waals surface area (Å²) in [6, 6.07) is 3.84. The van der Waals surface area contributed by atoms with Crippen molar-refractivity contribution < 1.29 is 19.5 Å². The van der Waals surface area contributed by atoms with Gasteiger partial charge in [0.15, 0.2) is 5.54 Å². The maximum Gasteiger partial charge on any atom is 0.409 e. The van der Waals surface area contributed by atoms with Crippen LogP contribution in [0.5, 0.6) is 0 Å². The minimum Gasteiger partial charge on any atom is -0.465 e. The molecular weight excluding hydrogens is 468 g/mol. The number of thiophene rings is 1. The Kier molecular flexibility index (Phi) is 6.22. The molecule has 2 aromatic heterocycles. The van der Waals surface area contributed by atoms with Gasteiger partial charge >= 0.3 is 6.09 Å². The number of hydrogen-bond acceptors (Lipinski definition) is 7. The second-order valence-corrected chi connectivity index (χ2v) is 10.4. The van der Waals surface area contributed by atoms with E-state index in [2.05, 4.69) is 15.2 Å². The molecule has 1 spiro atoms. The van der Waals surface area contributed by atoms with Crippen molar-refractivity contribution >= 4 is 50.3 Å². The highest BCUT2D eigenvalue weighted by atomic mass is 32.1. The first kappa shape index (κ1) is 23.7. The first-order chi connectivity index (χ1) is 16.8. The van der Waals surface area contributed by atoms with Gasteiger partial charge in [-0.2, -0.15) is 0 Å². The zero-order valence-corrected chi connectivity index (χ0v) is 20.8. The van der Waals surface area contributed by atoms with Crippen LogP contribution in [0.2, 0.25) is 0 Å². The third-order valence-electron chi connectivity index (χ3n) is 7.39. The molecule has 2 saturated heterocycles. The lowest BCUT2D eigenvalue weighted by Crippen LogP contribution is -2.57. The van der Waals surface area contributed by atoms with Gasteiger partial charge in [-0.3, -0.25) is 29.7 Å². The van der Waals surface area contributed by atoms with Crippen LogP contribution < -0.4 is 5.32 Å².